The fraction of sp³-hybridized carbons (Fsp3) is 0.649. The van der Waals surface area contributed by atoms with Gasteiger partial charge in [0.15, 0.2) is 12.6 Å². The number of aliphatic hydroxyl groups excluding tert-OH is 3. The van der Waals surface area contributed by atoms with Gasteiger partial charge in [-0.05, 0) is 67.4 Å². The van der Waals surface area contributed by atoms with Gasteiger partial charge in [0.25, 0.3) is 0 Å². The van der Waals surface area contributed by atoms with Crippen LogP contribution in [0.3, 0.4) is 0 Å². The van der Waals surface area contributed by atoms with E-state index < -0.39 is 103 Å². The Morgan fingerprint density at radius 1 is 0.738 bits per heavy atom. The van der Waals surface area contributed by atoms with E-state index in [1.165, 1.54) is 6.92 Å². The van der Waals surface area contributed by atoms with E-state index in [2.05, 4.69) is 45.4 Å². The van der Waals surface area contributed by atoms with Crippen molar-refractivity contribution in [3.8, 4) is 0 Å². The third-order valence-electron chi connectivity index (χ3n) is 10.1. The highest BCUT2D eigenvalue weighted by molar-refractivity contribution is 5.68. The highest BCUT2D eigenvalue weighted by Crippen LogP contribution is 2.37. The molecule has 0 aromatic heterocycles. The first kappa shape index (κ1) is 46.7. The number of azide groups is 4. The maximum Gasteiger partial charge on any atom is 0.407 e. The zero-order chi connectivity index (χ0) is 44.1. The Morgan fingerprint density at radius 2 is 1.31 bits per heavy atom. The summed E-state index contributed by atoms with van der Waals surface area (Å²) in [4.78, 5) is 24.7. The fourth-order valence-electron chi connectivity index (χ4n) is 7.32. The standard InChI is InChI=1S/C37H49N13O11/c1-19-25(45-49-40)28(52)29(53)35(57-19)60-33-27(51)22(43-36(54)61-37(2,3)4)15-23(44-48-39)30(33)59-34-26(46-50-41)32(56-18-21-13-9-6-10-14-21)31(24(58-34)16-42-47-38)55-17-20-11-7-5-8-12-20/h5-14,19,22-35,51-53H,15-18H2,1-4H3,(H,43,54)/t19-,22-,23+,24-,25-,26-,27+,28+,29-,30-,31-,32-,33-,34-,35+/m1/s1. The van der Waals surface area contributed by atoms with Gasteiger partial charge in [0, 0.05) is 19.6 Å². The molecule has 2 aromatic rings. The molecule has 4 N–H and O–H groups in total. The van der Waals surface area contributed by atoms with E-state index in [1.54, 1.807) is 20.8 Å². The number of benzene rings is 2. The van der Waals surface area contributed by atoms with Crippen molar-refractivity contribution in [1.82, 2.24) is 5.32 Å². The summed E-state index contributed by atoms with van der Waals surface area (Å²) >= 11 is 0. The molecule has 1 amide bonds. The number of carbonyl (C=O) groups excluding carboxylic acids is 1. The number of ether oxygens (including phenoxy) is 7. The van der Waals surface area contributed by atoms with Crippen molar-refractivity contribution in [3.63, 3.8) is 0 Å². The molecule has 0 bridgehead atoms. The number of hydrogen-bond donors (Lipinski definition) is 4. The van der Waals surface area contributed by atoms with Crippen LogP contribution in [0.2, 0.25) is 0 Å². The Labute approximate surface area is 349 Å². The molecule has 1 saturated carbocycles. The Morgan fingerprint density at radius 3 is 1.89 bits per heavy atom. The van der Waals surface area contributed by atoms with Crippen molar-refractivity contribution in [1.29, 1.82) is 0 Å². The summed E-state index contributed by atoms with van der Waals surface area (Å²) in [6, 6.07) is 13.1. The van der Waals surface area contributed by atoms with E-state index in [1.807, 2.05) is 60.7 Å². The van der Waals surface area contributed by atoms with Crippen molar-refractivity contribution < 1.29 is 53.3 Å². The molecule has 2 aliphatic heterocycles. The van der Waals surface area contributed by atoms with Crippen LogP contribution in [0.4, 0.5) is 4.79 Å². The van der Waals surface area contributed by atoms with Crippen LogP contribution in [-0.4, -0.2) is 125 Å². The number of alkyl carbamates (subject to hydrolysis) is 1. The monoisotopic (exact) mass is 851 g/mol. The lowest BCUT2D eigenvalue weighted by atomic mass is 9.83. The van der Waals surface area contributed by atoms with Gasteiger partial charge in [-0.3, -0.25) is 0 Å². The van der Waals surface area contributed by atoms with Crippen molar-refractivity contribution in [2.75, 3.05) is 6.54 Å². The first-order valence-electron chi connectivity index (χ1n) is 19.4. The molecule has 2 saturated heterocycles. The molecular formula is C37H49N13O11. The van der Waals surface area contributed by atoms with Gasteiger partial charge in [0.2, 0.25) is 0 Å². The van der Waals surface area contributed by atoms with Gasteiger partial charge in [-0.15, -0.1) is 0 Å². The third-order valence-corrected chi connectivity index (χ3v) is 10.1. The molecule has 0 unspecified atom stereocenters. The number of carbonyl (C=O) groups is 1. The molecule has 3 aliphatic rings. The lowest BCUT2D eigenvalue weighted by molar-refractivity contribution is -0.332. The Bertz CT molecular complexity index is 1940. The van der Waals surface area contributed by atoms with E-state index in [-0.39, 0.29) is 26.2 Å². The molecule has 1 aliphatic carbocycles. The van der Waals surface area contributed by atoms with Crippen molar-refractivity contribution in [3.05, 3.63) is 114 Å². The molecule has 24 nitrogen and oxygen atoms in total. The van der Waals surface area contributed by atoms with E-state index >= 15 is 0 Å². The number of nitrogens with zero attached hydrogens (tertiary/aromatic N) is 12. The Hall–Kier alpha value is -5.41. The average molecular weight is 852 g/mol. The topological polar surface area (TPSA) is 349 Å². The number of aliphatic hydroxyl groups is 3. The van der Waals surface area contributed by atoms with E-state index in [0.29, 0.717) is 0 Å². The minimum atomic E-state index is -1.86. The smallest absolute Gasteiger partial charge is 0.407 e. The molecule has 0 radical (unpaired) electrons. The van der Waals surface area contributed by atoms with Gasteiger partial charge in [-0.2, -0.15) is 0 Å². The largest absolute Gasteiger partial charge is 0.444 e. The summed E-state index contributed by atoms with van der Waals surface area (Å²) in [6.45, 7) is 6.09. The highest BCUT2D eigenvalue weighted by atomic mass is 16.7. The SMILES string of the molecule is C[C@H]1O[C@@H](O[C@@H]2[C@@H](O)[C@H](NC(=O)OC(C)(C)C)C[C@H](N=[N+]=[N-])[C@H]2O[C@H]2O[C@H](CN=[N+]=[N-])[C@@H](OCc3ccccc3)[C@H](OCc3ccccc3)[C@H]2N=[N+]=[N-])[C@H](O)[C@@H](O)[C@@H]1N=[N+]=[N-]. The van der Waals surface area contributed by atoms with Crippen LogP contribution in [0.1, 0.15) is 45.2 Å². The molecule has 24 heteroatoms. The molecule has 3 fully saturated rings. The van der Waals surface area contributed by atoms with Crippen LogP contribution in [0.5, 0.6) is 0 Å². The maximum atomic E-state index is 13.0. The van der Waals surface area contributed by atoms with Crippen LogP contribution in [0, 0.1) is 0 Å². The van der Waals surface area contributed by atoms with Crippen molar-refractivity contribution in [2.45, 2.75) is 145 Å². The van der Waals surface area contributed by atoms with Gasteiger partial charge in [0.05, 0.1) is 62.3 Å². The minimum absolute atomic E-state index is 0.00336. The van der Waals surface area contributed by atoms with Gasteiger partial charge in [-0.25, -0.2) is 4.79 Å². The predicted molar refractivity (Wildman–Crippen MR) is 211 cm³/mol. The first-order chi connectivity index (χ1) is 29.3. The Kier molecular flexibility index (Phi) is 16.8. The van der Waals surface area contributed by atoms with Crippen LogP contribution in [-0.2, 0) is 46.4 Å². The number of amides is 1. The summed E-state index contributed by atoms with van der Waals surface area (Å²) < 4.78 is 43.2. The van der Waals surface area contributed by atoms with Crippen LogP contribution in [0.25, 0.3) is 41.8 Å². The highest BCUT2D eigenvalue weighted by Gasteiger charge is 2.54. The third kappa shape index (κ3) is 12.3. The normalized spacial score (nSPS) is 33.7. The quantitative estimate of drug-likeness (QED) is 0.0974. The molecule has 61 heavy (non-hydrogen) atoms. The second kappa shape index (κ2) is 21.9. The molecule has 0 spiro atoms. The summed E-state index contributed by atoms with van der Waals surface area (Å²) in [5, 5.41) is 51.8. The van der Waals surface area contributed by atoms with Crippen LogP contribution in [0.15, 0.2) is 81.1 Å². The lowest BCUT2D eigenvalue weighted by Gasteiger charge is -2.50. The number of nitrogens with one attached hydrogen (secondary N) is 1. The van der Waals surface area contributed by atoms with Crippen LogP contribution >= 0.6 is 0 Å². The first-order valence-corrected chi connectivity index (χ1v) is 19.4. The zero-order valence-electron chi connectivity index (χ0n) is 33.7. The van der Waals surface area contributed by atoms with Gasteiger partial charge < -0.3 is 53.8 Å². The lowest BCUT2D eigenvalue weighted by Crippen LogP contribution is -2.67. The summed E-state index contributed by atoms with van der Waals surface area (Å²) in [5.41, 5.74) is 38.7. The second-order valence-corrected chi connectivity index (χ2v) is 15.5. The molecule has 2 heterocycles. The zero-order valence-corrected chi connectivity index (χ0v) is 33.7. The van der Waals surface area contributed by atoms with Gasteiger partial charge >= 0.3 is 6.09 Å². The summed E-state index contributed by atoms with van der Waals surface area (Å²) in [7, 11) is 0. The van der Waals surface area contributed by atoms with Crippen molar-refractivity contribution >= 4 is 6.09 Å². The predicted octanol–water partition coefficient (Wildman–Crippen LogP) is 5.12. The molecule has 328 valence electrons. The van der Waals surface area contributed by atoms with Crippen molar-refractivity contribution in [2.24, 2.45) is 20.5 Å². The van der Waals surface area contributed by atoms with Gasteiger partial charge in [-0.1, -0.05) is 81.1 Å². The second-order valence-electron chi connectivity index (χ2n) is 15.5. The molecule has 5 rings (SSSR count). The molecule has 2 aromatic carbocycles. The minimum Gasteiger partial charge on any atom is -0.444 e. The van der Waals surface area contributed by atoms with E-state index in [9.17, 15) is 36.7 Å². The van der Waals surface area contributed by atoms with Crippen LogP contribution < -0.4 is 5.32 Å². The van der Waals surface area contributed by atoms with Gasteiger partial charge in [0.1, 0.15) is 42.2 Å². The molecule has 15 atom stereocenters. The summed E-state index contributed by atoms with van der Waals surface area (Å²) in [5.74, 6) is 0. The van der Waals surface area contributed by atoms with E-state index in [4.69, 9.17) is 38.7 Å². The number of hydrogen-bond acceptors (Lipinski definition) is 15. The number of rotatable bonds is 16. The van der Waals surface area contributed by atoms with E-state index in [0.717, 1.165) is 11.1 Å². The fourth-order valence-corrected chi connectivity index (χ4v) is 7.32. The average Bonchev–Trinajstić information content (AvgIpc) is 3.23. The summed E-state index contributed by atoms with van der Waals surface area (Å²) in [6.07, 6.45) is -17.3. The maximum absolute atomic E-state index is 13.0. The molecular weight excluding hydrogens is 802 g/mol. The Balaban J connectivity index is 1.55.